The lowest BCUT2D eigenvalue weighted by atomic mass is 10.5. The molecule has 0 atom stereocenters. The standard InChI is InChI=1S/C9H21N7S3/c10-7(11)17-4-1-16(2-5-18-8(12)13)3-6-19-9(14)15/h1-6H2,(H3,10,11)(H3,12,13)(H3,14,15). The van der Waals surface area contributed by atoms with E-state index in [1.807, 2.05) is 0 Å². The van der Waals surface area contributed by atoms with E-state index in [4.69, 9.17) is 33.4 Å². The van der Waals surface area contributed by atoms with E-state index in [1.54, 1.807) is 0 Å². The molecule has 0 rings (SSSR count). The van der Waals surface area contributed by atoms with E-state index in [-0.39, 0.29) is 15.5 Å². The van der Waals surface area contributed by atoms with E-state index < -0.39 is 0 Å². The third-order valence-corrected chi connectivity index (χ3v) is 4.09. The summed E-state index contributed by atoms with van der Waals surface area (Å²) in [6.45, 7) is 2.42. The van der Waals surface area contributed by atoms with Crippen molar-refractivity contribution in [1.29, 1.82) is 16.2 Å². The lowest BCUT2D eigenvalue weighted by Crippen LogP contribution is -2.32. The van der Waals surface area contributed by atoms with Gasteiger partial charge in [0.05, 0.1) is 0 Å². The summed E-state index contributed by atoms with van der Waals surface area (Å²) < 4.78 is 0. The second kappa shape index (κ2) is 11.3. The van der Waals surface area contributed by atoms with Gasteiger partial charge < -0.3 is 22.1 Å². The Morgan fingerprint density at radius 2 is 0.947 bits per heavy atom. The second-order valence-corrected chi connectivity index (χ2v) is 6.89. The van der Waals surface area contributed by atoms with Crippen LogP contribution in [0.25, 0.3) is 0 Å². The number of hydrogen-bond donors (Lipinski definition) is 6. The molecule has 9 N–H and O–H groups in total. The highest BCUT2D eigenvalue weighted by Gasteiger charge is 2.06. The molecule has 0 aliphatic rings. The molecule has 0 spiro atoms. The first-order valence-corrected chi connectivity index (χ1v) is 8.50. The predicted octanol–water partition coefficient (Wildman–Crippen LogP) is 0.168. The van der Waals surface area contributed by atoms with Crippen LogP contribution in [0.5, 0.6) is 0 Å². The number of thioether (sulfide) groups is 3. The first kappa shape index (κ1) is 18.4. The molecule has 0 aromatic rings. The van der Waals surface area contributed by atoms with Crippen molar-refractivity contribution in [1.82, 2.24) is 4.90 Å². The van der Waals surface area contributed by atoms with E-state index in [1.165, 1.54) is 35.3 Å². The van der Waals surface area contributed by atoms with Gasteiger partial charge in [0.1, 0.15) is 0 Å². The average molecular weight is 324 g/mol. The Kier molecular flexibility index (Phi) is 10.9. The summed E-state index contributed by atoms with van der Waals surface area (Å²) >= 11 is 3.93. The van der Waals surface area contributed by atoms with Crippen LogP contribution in [0, 0.1) is 16.2 Å². The summed E-state index contributed by atoms with van der Waals surface area (Å²) in [6.07, 6.45) is 0. The molecule has 0 saturated carbocycles. The summed E-state index contributed by atoms with van der Waals surface area (Å²) in [5.41, 5.74) is 15.9. The summed E-state index contributed by atoms with van der Waals surface area (Å²) in [4.78, 5) is 2.20. The molecule has 0 radical (unpaired) electrons. The minimum Gasteiger partial charge on any atom is -0.379 e. The fourth-order valence-electron chi connectivity index (χ4n) is 1.19. The molecule has 0 aliphatic carbocycles. The number of rotatable bonds is 9. The van der Waals surface area contributed by atoms with E-state index in [0.29, 0.717) is 0 Å². The molecule has 0 aromatic carbocycles. The quantitative estimate of drug-likeness (QED) is 0.261. The third-order valence-electron chi connectivity index (χ3n) is 2.00. The molecule has 0 unspecified atom stereocenters. The first-order valence-electron chi connectivity index (χ1n) is 5.54. The van der Waals surface area contributed by atoms with E-state index in [9.17, 15) is 0 Å². The maximum atomic E-state index is 7.15. The zero-order chi connectivity index (χ0) is 14.7. The van der Waals surface area contributed by atoms with Crippen LogP contribution in [-0.2, 0) is 0 Å². The first-order chi connectivity index (χ1) is 8.91. The number of hydrogen-bond acceptors (Lipinski definition) is 7. The van der Waals surface area contributed by atoms with Crippen molar-refractivity contribution in [2.45, 2.75) is 0 Å². The fraction of sp³-hybridized carbons (Fsp3) is 0.667. The monoisotopic (exact) mass is 323 g/mol. The summed E-state index contributed by atoms with van der Waals surface area (Å²) in [7, 11) is 0. The predicted molar refractivity (Wildman–Crippen MR) is 89.6 cm³/mol. The minimum atomic E-state index is 0.121. The van der Waals surface area contributed by atoms with Crippen LogP contribution in [0.2, 0.25) is 0 Å². The van der Waals surface area contributed by atoms with E-state index in [2.05, 4.69) is 4.90 Å². The Labute approximate surface area is 126 Å². The van der Waals surface area contributed by atoms with Gasteiger partial charge in [-0.1, -0.05) is 35.3 Å². The molecular weight excluding hydrogens is 302 g/mol. The Balaban J connectivity index is 3.94. The van der Waals surface area contributed by atoms with Gasteiger partial charge >= 0.3 is 0 Å². The maximum Gasteiger partial charge on any atom is 0.151 e. The summed E-state index contributed by atoms with van der Waals surface area (Å²) in [5.74, 6) is 2.26. The van der Waals surface area contributed by atoms with Gasteiger partial charge in [0.2, 0.25) is 0 Å². The molecule has 10 heteroatoms. The van der Waals surface area contributed by atoms with Crippen LogP contribution in [0.1, 0.15) is 0 Å². The third kappa shape index (κ3) is 13.6. The van der Waals surface area contributed by atoms with Crippen LogP contribution in [0.3, 0.4) is 0 Å². The van der Waals surface area contributed by atoms with Crippen molar-refractivity contribution < 1.29 is 0 Å². The van der Waals surface area contributed by atoms with Crippen molar-refractivity contribution in [2.24, 2.45) is 17.2 Å². The van der Waals surface area contributed by atoms with Crippen molar-refractivity contribution in [3.8, 4) is 0 Å². The maximum absolute atomic E-state index is 7.15. The van der Waals surface area contributed by atoms with Gasteiger partial charge in [0, 0.05) is 36.9 Å². The largest absolute Gasteiger partial charge is 0.379 e. The normalized spacial score (nSPS) is 10.6. The lowest BCUT2D eigenvalue weighted by Gasteiger charge is -2.21. The van der Waals surface area contributed by atoms with Crippen molar-refractivity contribution in [3.05, 3.63) is 0 Å². The van der Waals surface area contributed by atoms with Gasteiger partial charge in [0.25, 0.3) is 0 Å². The smallest absolute Gasteiger partial charge is 0.151 e. The van der Waals surface area contributed by atoms with Crippen LogP contribution >= 0.6 is 35.3 Å². The molecule has 0 bridgehead atoms. The van der Waals surface area contributed by atoms with Crippen molar-refractivity contribution >= 4 is 50.8 Å². The second-order valence-electron chi connectivity index (χ2n) is 3.48. The summed E-state index contributed by atoms with van der Waals surface area (Å²) in [5, 5.41) is 21.8. The van der Waals surface area contributed by atoms with Gasteiger partial charge in [-0.25, -0.2) is 0 Å². The molecule has 110 valence electrons. The van der Waals surface area contributed by atoms with E-state index >= 15 is 0 Å². The SMILES string of the molecule is N=C(N)SCCN(CCSC(=N)N)CCSC(=N)N. The Morgan fingerprint density at radius 3 is 1.16 bits per heavy atom. The van der Waals surface area contributed by atoms with Crippen LogP contribution < -0.4 is 17.2 Å². The molecule has 0 fully saturated rings. The average Bonchev–Trinajstić information content (AvgIpc) is 2.26. The number of amidine groups is 3. The molecular formula is C9H21N7S3. The van der Waals surface area contributed by atoms with Crippen molar-refractivity contribution in [3.63, 3.8) is 0 Å². The zero-order valence-corrected chi connectivity index (χ0v) is 13.1. The van der Waals surface area contributed by atoms with Gasteiger partial charge in [-0.3, -0.25) is 16.2 Å². The molecule has 0 heterocycles. The van der Waals surface area contributed by atoms with Crippen LogP contribution in [0.4, 0.5) is 0 Å². The van der Waals surface area contributed by atoms with Crippen molar-refractivity contribution in [2.75, 3.05) is 36.9 Å². The Morgan fingerprint density at radius 1 is 0.684 bits per heavy atom. The number of nitrogens with two attached hydrogens (primary N) is 3. The molecule has 19 heavy (non-hydrogen) atoms. The molecule has 0 amide bonds. The highest BCUT2D eigenvalue weighted by Crippen LogP contribution is 2.05. The molecule has 0 aromatic heterocycles. The lowest BCUT2D eigenvalue weighted by molar-refractivity contribution is 0.330. The minimum absolute atomic E-state index is 0.121. The number of nitrogens with one attached hydrogen (secondary N) is 3. The highest BCUT2D eigenvalue weighted by atomic mass is 32.2. The highest BCUT2D eigenvalue weighted by molar-refractivity contribution is 8.14. The van der Waals surface area contributed by atoms with Gasteiger partial charge in [-0.05, 0) is 0 Å². The van der Waals surface area contributed by atoms with Crippen LogP contribution in [-0.4, -0.2) is 57.3 Å². The summed E-state index contributed by atoms with van der Waals surface area (Å²) in [6, 6.07) is 0. The molecule has 0 saturated heterocycles. The number of nitrogens with zero attached hydrogens (tertiary/aromatic N) is 1. The van der Waals surface area contributed by atoms with E-state index in [0.717, 1.165) is 36.9 Å². The molecule has 7 nitrogen and oxygen atoms in total. The van der Waals surface area contributed by atoms with Gasteiger partial charge in [0.15, 0.2) is 15.5 Å². The van der Waals surface area contributed by atoms with Crippen LogP contribution in [0.15, 0.2) is 0 Å². The Bertz CT molecular complexity index is 263. The zero-order valence-electron chi connectivity index (χ0n) is 10.6. The topological polar surface area (TPSA) is 153 Å². The Hall–Kier alpha value is -0.580. The van der Waals surface area contributed by atoms with Gasteiger partial charge in [-0.15, -0.1) is 0 Å². The molecule has 0 aliphatic heterocycles. The fourth-order valence-corrected chi connectivity index (χ4v) is 2.90. The van der Waals surface area contributed by atoms with Gasteiger partial charge in [-0.2, -0.15) is 0 Å².